The van der Waals surface area contributed by atoms with Crippen LogP contribution in [0.2, 0.25) is 0 Å². The summed E-state index contributed by atoms with van der Waals surface area (Å²) in [4.78, 5) is 16.6. The number of carbonyl (C=O) groups is 1. The largest absolute Gasteiger partial charge is 0.494 e. The molecular formula is C17H21FN4O2. The third-order valence-electron chi connectivity index (χ3n) is 4.53. The molecule has 7 heteroatoms. The van der Waals surface area contributed by atoms with Crippen molar-refractivity contribution >= 4 is 11.6 Å². The number of halogens is 1. The minimum absolute atomic E-state index is 0.0111. The molecule has 1 aliphatic heterocycles. The van der Waals surface area contributed by atoms with Crippen LogP contribution in [0, 0.1) is 12.7 Å². The number of carbonyl (C=O) groups excluding carboxylic acids is 1. The highest BCUT2D eigenvalue weighted by molar-refractivity contribution is 5.95. The van der Waals surface area contributed by atoms with Crippen LogP contribution < -0.4 is 9.64 Å². The van der Waals surface area contributed by atoms with Crippen LogP contribution in [0.3, 0.4) is 0 Å². The first-order chi connectivity index (χ1) is 11.5. The lowest BCUT2D eigenvalue weighted by molar-refractivity contribution is 0.0746. The summed E-state index contributed by atoms with van der Waals surface area (Å²) in [7, 11) is 3.28. The Morgan fingerprint density at radius 1 is 1.25 bits per heavy atom. The van der Waals surface area contributed by atoms with Crippen LogP contribution in [0.1, 0.15) is 16.1 Å². The van der Waals surface area contributed by atoms with Gasteiger partial charge in [0.05, 0.1) is 18.9 Å². The Hall–Kier alpha value is -2.57. The maximum Gasteiger partial charge on any atom is 0.257 e. The third kappa shape index (κ3) is 2.93. The van der Waals surface area contributed by atoms with Crippen molar-refractivity contribution in [1.82, 2.24) is 14.7 Å². The summed E-state index contributed by atoms with van der Waals surface area (Å²) >= 11 is 0. The minimum Gasteiger partial charge on any atom is -0.494 e. The number of hydrogen-bond acceptors (Lipinski definition) is 4. The summed E-state index contributed by atoms with van der Waals surface area (Å²) in [5.41, 5.74) is 2.41. The van der Waals surface area contributed by atoms with Gasteiger partial charge in [0.1, 0.15) is 0 Å². The maximum atomic E-state index is 13.5. The molecule has 0 unspecified atom stereocenters. The molecule has 6 nitrogen and oxygen atoms in total. The third-order valence-corrected chi connectivity index (χ3v) is 4.53. The van der Waals surface area contributed by atoms with Gasteiger partial charge >= 0.3 is 0 Å². The van der Waals surface area contributed by atoms with E-state index in [-0.39, 0.29) is 17.5 Å². The predicted molar refractivity (Wildman–Crippen MR) is 89.0 cm³/mol. The summed E-state index contributed by atoms with van der Waals surface area (Å²) < 4.78 is 20.3. The number of rotatable bonds is 3. The Kier molecular flexibility index (Phi) is 4.42. The molecule has 0 spiro atoms. The number of methoxy groups -OCH3 is 1. The zero-order valence-corrected chi connectivity index (χ0v) is 14.1. The first-order valence-electron chi connectivity index (χ1n) is 7.87. The van der Waals surface area contributed by atoms with Crippen LogP contribution in [0.15, 0.2) is 24.4 Å². The van der Waals surface area contributed by atoms with Crippen molar-refractivity contribution in [3.05, 3.63) is 41.5 Å². The summed E-state index contributed by atoms with van der Waals surface area (Å²) in [5, 5.41) is 4.13. The first-order valence-corrected chi connectivity index (χ1v) is 7.87. The lowest BCUT2D eigenvalue weighted by atomic mass is 10.2. The summed E-state index contributed by atoms with van der Waals surface area (Å²) in [5.74, 6) is -0.129. The molecule has 24 heavy (non-hydrogen) atoms. The Morgan fingerprint density at radius 2 is 1.96 bits per heavy atom. The molecule has 1 aromatic heterocycles. The molecule has 2 heterocycles. The van der Waals surface area contributed by atoms with Crippen molar-refractivity contribution in [1.29, 1.82) is 0 Å². The van der Waals surface area contributed by atoms with Gasteiger partial charge in [0, 0.05) is 50.7 Å². The van der Waals surface area contributed by atoms with E-state index >= 15 is 0 Å². The maximum absolute atomic E-state index is 13.5. The van der Waals surface area contributed by atoms with Gasteiger partial charge in [0.15, 0.2) is 11.6 Å². The van der Waals surface area contributed by atoms with Gasteiger partial charge < -0.3 is 14.5 Å². The molecule has 2 aromatic rings. The van der Waals surface area contributed by atoms with E-state index < -0.39 is 0 Å². The van der Waals surface area contributed by atoms with Gasteiger partial charge in [0.2, 0.25) is 0 Å². The quantitative estimate of drug-likeness (QED) is 0.861. The fourth-order valence-corrected chi connectivity index (χ4v) is 2.89. The van der Waals surface area contributed by atoms with E-state index in [2.05, 4.69) is 10.00 Å². The average Bonchev–Trinajstić information content (AvgIpc) is 2.94. The highest BCUT2D eigenvalue weighted by atomic mass is 19.1. The monoisotopic (exact) mass is 332 g/mol. The summed E-state index contributed by atoms with van der Waals surface area (Å²) in [6.07, 6.45) is 1.62. The molecule has 0 atom stereocenters. The first kappa shape index (κ1) is 16.3. The van der Waals surface area contributed by atoms with E-state index in [0.717, 1.165) is 11.4 Å². The Labute approximate surface area is 140 Å². The van der Waals surface area contributed by atoms with Crippen molar-refractivity contribution in [3.63, 3.8) is 0 Å². The number of nitrogens with zero attached hydrogens (tertiary/aromatic N) is 4. The van der Waals surface area contributed by atoms with Crippen molar-refractivity contribution in [2.24, 2.45) is 7.05 Å². The molecule has 1 fully saturated rings. The molecule has 1 aliphatic rings. The van der Waals surface area contributed by atoms with Gasteiger partial charge in [-0.2, -0.15) is 5.10 Å². The van der Waals surface area contributed by atoms with Crippen molar-refractivity contribution in [2.75, 3.05) is 38.2 Å². The second-order valence-electron chi connectivity index (χ2n) is 5.87. The van der Waals surface area contributed by atoms with Gasteiger partial charge in [-0.3, -0.25) is 9.48 Å². The van der Waals surface area contributed by atoms with Crippen molar-refractivity contribution in [3.8, 4) is 5.75 Å². The van der Waals surface area contributed by atoms with Crippen molar-refractivity contribution < 1.29 is 13.9 Å². The van der Waals surface area contributed by atoms with Crippen LogP contribution in [0.5, 0.6) is 5.75 Å². The molecule has 1 aromatic carbocycles. The second-order valence-corrected chi connectivity index (χ2v) is 5.87. The average molecular weight is 332 g/mol. The second kappa shape index (κ2) is 6.51. The van der Waals surface area contributed by atoms with E-state index in [0.29, 0.717) is 31.7 Å². The van der Waals surface area contributed by atoms with Crippen molar-refractivity contribution in [2.45, 2.75) is 6.92 Å². The smallest absolute Gasteiger partial charge is 0.257 e. The SMILES string of the molecule is COc1cc(N2CCN(C(=O)c3cnn(C)c3C)CC2)ccc1F. The van der Waals surface area contributed by atoms with Crippen LogP contribution in [0.25, 0.3) is 0 Å². The van der Waals surface area contributed by atoms with E-state index in [1.165, 1.54) is 13.2 Å². The van der Waals surface area contributed by atoms with Crippen LogP contribution in [-0.2, 0) is 7.05 Å². The predicted octanol–water partition coefficient (Wildman–Crippen LogP) is 1.84. The zero-order valence-electron chi connectivity index (χ0n) is 14.1. The number of hydrogen-bond donors (Lipinski definition) is 0. The van der Waals surface area contributed by atoms with Crippen LogP contribution in [-0.4, -0.2) is 53.9 Å². The molecule has 128 valence electrons. The van der Waals surface area contributed by atoms with E-state index in [9.17, 15) is 9.18 Å². The molecule has 0 saturated carbocycles. The number of benzene rings is 1. The van der Waals surface area contributed by atoms with Gasteiger partial charge in [0.25, 0.3) is 5.91 Å². The van der Waals surface area contributed by atoms with Gasteiger partial charge in [-0.15, -0.1) is 0 Å². The summed E-state index contributed by atoms with van der Waals surface area (Å²) in [6.45, 7) is 4.51. The van der Waals surface area contributed by atoms with Crippen LogP contribution in [0.4, 0.5) is 10.1 Å². The molecule has 1 saturated heterocycles. The number of aromatic nitrogens is 2. The normalized spacial score (nSPS) is 14.8. The molecule has 3 rings (SSSR count). The number of ether oxygens (including phenoxy) is 1. The molecule has 0 N–H and O–H groups in total. The van der Waals surface area contributed by atoms with Gasteiger partial charge in [-0.1, -0.05) is 0 Å². The fraction of sp³-hybridized carbons (Fsp3) is 0.412. The number of amides is 1. The number of aryl methyl sites for hydroxylation is 1. The molecule has 0 aliphatic carbocycles. The zero-order chi connectivity index (χ0) is 17.3. The van der Waals surface area contributed by atoms with Crippen LogP contribution >= 0.6 is 0 Å². The fourth-order valence-electron chi connectivity index (χ4n) is 2.89. The van der Waals surface area contributed by atoms with Gasteiger partial charge in [-0.25, -0.2) is 4.39 Å². The Balaban J connectivity index is 1.67. The minimum atomic E-state index is -0.373. The molecule has 0 bridgehead atoms. The standard InChI is InChI=1S/C17H21FN4O2/c1-12-14(11-19-20(12)2)17(23)22-8-6-21(7-9-22)13-4-5-15(18)16(10-13)24-3/h4-5,10-11H,6-9H2,1-3H3. The van der Waals surface area contributed by atoms with E-state index in [4.69, 9.17) is 4.74 Å². The summed E-state index contributed by atoms with van der Waals surface area (Å²) in [6, 6.07) is 4.84. The topological polar surface area (TPSA) is 50.6 Å². The molecule has 1 amide bonds. The lowest BCUT2D eigenvalue weighted by Crippen LogP contribution is -2.48. The Bertz CT molecular complexity index is 751. The number of anilines is 1. The van der Waals surface area contributed by atoms with E-state index in [1.807, 2.05) is 18.9 Å². The Morgan fingerprint density at radius 3 is 2.54 bits per heavy atom. The number of piperazine rings is 1. The van der Waals surface area contributed by atoms with E-state index in [1.54, 1.807) is 23.0 Å². The highest BCUT2D eigenvalue weighted by Crippen LogP contribution is 2.25. The highest BCUT2D eigenvalue weighted by Gasteiger charge is 2.25. The molecular weight excluding hydrogens is 311 g/mol. The lowest BCUT2D eigenvalue weighted by Gasteiger charge is -2.36. The van der Waals surface area contributed by atoms with Gasteiger partial charge in [-0.05, 0) is 19.1 Å². The molecule has 0 radical (unpaired) electrons.